The molecule has 3 aromatic rings. The molecule has 0 aliphatic carbocycles. The van der Waals surface area contributed by atoms with Crippen LogP contribution in [0.2, 0.25) is 0 Å². The van der Waals surface area contributed by atoms with Gasteiger partial charge in [-0.1, -0.05) is 0 Å². The molecule has 0 unspecified atom stereocenters. The van der Waals surface area contributed by atoms with Gasteiger partial charge in [0.2, 0.25) is 0 Å². The van der Waals surface area contributed by atoms with Crippen molar-refractivity contribution in [3.05, 3.63) is 59.2 Å². The van der Waals surface area contributed by atoms with Gasteiger partial charge in [-0.3, -0.25) is 0 Å². The molecule has 102 valence electrons. The van der Waals surface area contributed by atoms with E-state index >= 15 is 0 Å². The Morgan fingerprint density at radius 2 is 1.55 bits per heavy atom. The molecule has 0 amide bonds. The van der Waals surface area contributed by atoms with Crippen LogP contribution in [0, 0.1) is 6.92 Å². The molecule has 1 aromatic heterocycles. The standard InChI is InChI=1S/C17H16O2Se/c1-11-2-4-12(5-3-11)16-7-13-6-14(9-18)15(10-19)8-17(13)20-16/h2-8,18-19H,9-10H2,1H3. The summed E-state index contributed by atoms with van der Waals surface area (Å²) < 4.78 is 2.64. The van der Waals surface area contributed by atoms with Gasteiger partial charge in [-0.15, -0.1) is 0 Å². The number of hydrogen-bond acceptors (Lipinski definition) is 2. The number of fused-ring (bicyclic) bond motifs is 1. The average molecular weight is 331 g/mol. The molecule has 0 radical (unpaired) electrons. The van der Waals surface area contributed by atoms with E-state index in [1.54, 1.807) is 0 Å². The van der Waals surface area contributed by atoms with Crippen molar-refractivity contribution in [2.45, 2.75) is 20.1 Å². The van der Waals surface area contributed by atoms with E-state index in [-0.39, 0.29) is 27.7 Å². The monoisotopic (exact) mass is 332 g/mol. The van der Waals surface area contributed by atoms with Gasteiger partial charge in [0.1, 0.15) is 0 Å². The van der Waals surface area contributed by atoms with Gasteiger partial charge in [-0.2, -0.15) is 0 Å². The van der Waals surface area contributed by atoms with Crippen LogP contribution in [0.4, 0.5) is 0 Å². The summed E-state index contributed by atoms with van der Waals surface area (Å²) in [5.41, 5.74) is 4.19. The molecule has 0 aliphatic rings. The Bertz CT molecular complexity index is 701. The van der Waals surface area contributed by atoms with E-state index in [2.05, 4.69) is 37.3 Å². The summed E-state index contributed by atoms with van der Waals surface area (Å²) in [6.45, 7) is 2.05. The molecule has 0 aliphatic heterocycles. The first kappa shape index (κ1) is 13.6. The third-order valence-electron chi connectivity index (χ3n) is 3.52. The molecule has 0 saturated carbocycles. The zero-order valence-corrected chi connectivity index (χ0v) is 13.0. The van der Waals surface area contributed by atoms with Crippen LogP contribution in [0.25, 0.3) is 19.6 Å². The van der Waals surface area contributed by atoms with Gasteiger partial charge in [0, 0.05) is 0 Å². The number of aliphatic hydroxyl groups is 2. The molecule has 0 fully saturated rings. The summed E-state index contributed by atoms with van der Waals surface area (Å²) in [6.07, 6.45) is 0. The first-order valence-corrected chi connectivity index (χ1v) is 8.26. The second kappa shape index (κ2) is 5.55. The van der Waals surface area contributed by atoms with Crippen molar-refractivity contribution in [3.63, 3.8) is 0 Å². The Labute approximate surface area is 124 Å². The normalized spacial score (nSPS) is 11.2. The molecule has 2 N–H and O–H groups in total. The topological polar surface area (TPSA) is 40.5 Å². The molecule has 2 aromatic carbocycles. The van der Waals surface area contributed by atoms with Gasteiger partial charge in [-0.25, -0.2) is 0 Å². The molecule has 20 heavy (non-hydrogen) atoms. The van der Waals surface area contributed by atoms with E-state index in [1.807, 2.05) is 12.1 Å². The molecule has 1 heterocycles. The number of aliphatic hydroxyl groups excluding tert-OH is 2. The third kappa shape index (κ3) is 2.46. The Morgan fingerprint density at radius 3 is 2.20 bits per heavy atom. The van der Waals surface area contributed by atoms with Crippen molar-refractivity contribution in [2.75, 3.05) is 0 Å². The predicted molar refractivity (Wildman–Crippen MR) is 82.9 cm³/mol. The summed E-state index contributed by atoms with van der Waals surface area (Å²) in [4.78, 5) is 0. The zero-order chi connectivity index (χ0) is 14.1. The summed E-state index contributed by atoms with van der Waals surface area (Å²) in [5.74, 6) is 0. The van der Waals surface area contributed by atoms with Crippen LogP contribution in [0.15, 0.2) is 42.5 Å². The van der Waals surface area contributed by atoms with Crippen LogP contribution in [0.1, 0.15) is 16.7 Å². The Kier molecular flexibility index (Phi) is 3.77. The summed E-state index contributed by atoms with van der Waals surface area (Å²) in [6, 6.07) is 14.8. The number of benzene rings is 2. The SMILES string of the molecule is Cc1ccc(-c2cc3cc(CO)c(CO)cc3[se]2)cc1. The van der Waals surface area contributed by atoms with Crippen LogP contribution < -0.4 is 0 Å². The van der Waals surface area contributed by atoms with Crippen LogP contribution in [0.3, 0.4) is 0 Å². The van der Waals surface area contributed by atoms with Gasteiger partial charge in [-0.05, 0) is 0 Å². The molecule has 0 spiro atoms. The number of aryl methyl sites for hydroxylation is 1. The molecule has 3 heteroatoms. The van der Waals surface area contributed by atoms with E-state index < -0.39 is 0 Å². The molecule has 2 nitrogen and oxygen atoms in total. The minimum absolute atomic E-state index is 0.0148. The minimum atomic E-state index is -0.0239. The van der Waals surface area contributed by atoms with Gasteiger partial charge in [0.05, 0.1) is 0 Å². The van der Waals surface area contributed by atoms with Crippen molar-refractivity contribution in [1.82, 2.24) is 0 Å². The maximum atomic E-state index is 9.37. The molecular formula is C17H16O2Se. The van der Waals surface area contributed by atoms with Gasteiger partial charge in [0.15, 0.2) is 0 Å². The summed E-state index contributed by atoms with van der Waals surface area (Å²) >= 11 is 0.266. The Morgan fingerprint density at radius 1 is 0.900 bits per heavy atom. The second-order valence-corrected chi connectivity index (χ2v) is 7.23. The van der Waals surface area contributed by atoms with E-state index in [0.717, 1.165) is 11.1 Å². The maximum absolute atomic E-state index is 9.37. The van der Waals surface area contributed by atoms with Crippen LogP contribution >= 0.6 is 0 Å². The fraction of sp³-hybridized carbons (Fsp3) is 0.176. The number of hydrogen-bond donors (Lipinski definition) is 2. The van der Waals surface area contributed by atoms with Crippen LogP contribution in [0.5, 0.6) is 0 Å². The fourth-order valence-corrected chi connectivity index (χ4v) is 4.67. The van der Waals surface area contributed by atoms with E-state index in [1.165, 1.54) is 25.2 Å². The van der Waals surface area contributed by atoms with Crippen LogP contribution in [-0.2, 0) is 13.2 Å². The van der Waals surface area contributed by atoms with Gasteiger partial charge >= 0.3 is 124 Å². The quantitative estimate of drug-likeness (QED) is 0.725. The van der Waals surface area contributed by atoms with Gasteiger partial charge < -0.3 is 0 Å². The van der Waals surface area contributed by atoms with Crippen molar-refractivity contribution in [3.8, 4) is 10.0 Å². The predicted octanol–water partition coefficient (Wildman–Crippen LogP) is 2.86. The second-order valence-electron chi connectivity index (χ2n) is 4.95. The van der Waals surface area contributed by atoms with Crippen molar-refractivity contribution in [2.24, 2.45) is 0 Å². The molecule has 0 saturated heterocycles. The molecule has 3 rings (SSSR count). The summed E-state index contributed by atoms with van der Waals surface area (Å²) in [7, 11) is 0. The number of rotatable bonds is 3. The fourth-order valence-electron chi connectivity index (χ4n) is 2.33. The Balaban J connectivity index is 2.12. The van der Waals surface area contributed by atoms with Crippen molar-refractivity contribution in [1.29, 1.82) is 0 Å². The first-order valence-electron chi connectivity index (χ1n) is 6.55. The van der Waals surface area contributed by atoms with Gasteiger partial charge in [0.25, 0.3) is 0 Å². The van der Waals surface area contributed by atoms with E-state index in [4.69, 9.17) is 0 Å². The Hall–Kier alpha value is -1.38. The molecular weight excluding hydrogens is 315 g/mol. The molecule has 0 bridgehead atoms. The summed E-state index contributed by atoms with van der Waals surface area (Å²) in [5, 5.41) is 19.9. The van der Waals surface area contributed by atoms with E-state index in [9.17, 15) is 10.2 Å². The van der Waals surface area contributed by atoms with Crippen molar-refractivity contribution >= 4 is 24.1 Å². The van der Waals surface area contributed by atoms with Crippen molar-refractivity contribution < 1.29 is 10.2 Å². The zero-order valence-electron chi connectivity index (χ0n) is 11.3. The van der Waals surface area contributed by atoms with Crippen LogP contribution in [-0.4, -0.2) is 24.7 Å². The first-order chi connectivity index (χ1) is 9.71. The van der Waals surface area contributed by atoms with E-state index in [0.29, 0.717) is 0 Å². The third-order valence-corrected chi connectivity index (χ3v) is 5.92. The molecule has 0 atom stereocenters. The average Bonchev–Trinajstić information content (AvgIpc) is 2.89.